The Morgan fingerprint density at radius 1 is 1.12 bits per heavy atom. The van der Waals surface area contributed by atoms with Crippen LogP contribution in [-0.2, 0) is 14.6 Å². The molecule has 17 heavy (non-hydrogen) atoms. The zero-order valence-electron chi connectivity index (χ0n) is 11.4. The van der Waals surface area contributed by atoms with Crippen molar-refractivity contribution in [2.24, 2.45) is 0 Å². The van der Waals surface area contributed by atoms with E-state index >= 15 is 0 Å². The van der Waals surface area contributed by atoms with E-state index in [1.165, 1.54) is 11.9 Å². The summed E-state index contributed by atoms with van der Waals surface area (Å²) in [5.74, 6) is 0.0488. The third-order valence-electron chi connectivity index (χ3n) is 3.05. The zero-order chi connectivity index (χ0) is 13.6. The molecule has 0 aromatic heterocycles. The second kappa shape index (κ2) is 3.95. The van der Waals surface area contributed by atoms with Crippen molar-refractivity contribution in [3.63, 3.8) is 0 Å². The van der Waals surface area contributed by atoms with Crippen LogP contribution >= 0.6 is 0 Å². The molecule has 0 aromatic rings. The third kappa shape index (κ3) is 2.80. The molecule has 0 saturated carbocycles. The van der Waals surface area contributed by atoms with Crippen LogP contribution < -0.4 is 0 Å². The Kier molecular flexibility index (Phi) is 3.35. The van der Waals surface area contributed by atoms with Crippen LogP contribution in [0.4, 0.5) is 0 Å². The Bertz CT molecular complexity index is 402. The van der Waals surface area contributed by atoms with Gasteiger partial charge in [-0.2, -0.15) is 0 Å². The first-order chi connectivity index (χ1) is 7.39. The highest BCUT2D eigenvalue weighted by Crippen LogP contribution is 2.34. The van der Waals surface area contributed by atoms with Crippen molar-refractivity contribution in [3.8, 4) is 0 Å². The van der Waals surface area contributed by atoms with E-state index in [1.807, 2.05) is 32.7 Å². The molecule has 100 valence electrons. The highest BCUT2D eigenvalue weighted by atomic mass is 32.2. The molecule has 1 aliphatic heterocycles. The van der Waals surface area contributed by atoms with Gasteiger partial charge in [-0.05, 0) is 27.7 Å². The molecule has 5 nitrogen and oxygen atoms in total. The van der Waals surface area contributed by atoms with Crippen LogP contribution in [0.3, 0.4) is 0 Å². The van der Waals surface area contributed by atoms with Crippen LogP contribution in [0.2, 0.25) is 0 Å². The summed E-state index contributed by atoms with van der Waals surface area (Å²) in [6.45, 7) is 8.89. The van der Waals surface area contributed by atoms with Gasteiger partial charge in [0.2, 0.25) is 5.91 Å². The van der Waals surface area contributed by atoms with Gasteiger partial charge in [0, 0.05) is 25.0 Å². The number of nitrogens with zero attached hydrogens (tertiary/aromatic N) is 2. The minimum absolute atomic E-state index is 0.0705. The first kappa shape index (κ1) is 14.4. The number of sulfone groups is 1. The summed E-state index contributed by atoms with van der Waals surface area (Å²) >= 11 is 0. The van der Waals surface area contributed by atoms with Gasteiger partial charge in [-0.3, -0.25) is 9.80 Å². The number of hydrogen-bond donors (Lipinski definition) is 0. The molecule has 0 atom stereocenters. The molecule has 1 rings (SSSR count). The minimum Gasteiger partial charge on any atom is -0.278 e. The van der Waals surface area contributed by atoms with Crippen molar-refractivity contribution in [1.82, 2.24) is 10.0 Å². The van der Waals surface area contributed by atoms with Crippen molar-refractivity contribution in [2.75, 3.05) is 18.6 Å². The Morgan fingerprint density at radius 3 is 1.76 bits per heavy atom. The second-order valence-electron chi connectivity index (χ2n) is 6.01. The van der Waals surface area contributed by atoms with Crippen LogP contribution in [0.25, 0.3) is 0 Å². The van der Waals surface area contributed by atoms with Gasteiger partial charge in [0.05, 0.1) is 11.5 Å². The van der Waals surface area contributed by atoms with E-state index in [0.29, 0.717) is 0 Å². The quantitative estimate of drug-likeness (QED) is 0.697. The smallest absolute Gasteiger partial charge is 0.233 e. The fourth-order valence-electron chi connectivity index (χ4n) is 3.02. The Morgan fingerprint density at radius 2 is 1.47 bits per heavy atom. The van der Waals surface area contributed by atoms with Gasteiger partial charge in [0.25, 0.3) is 0 Å². The van der Waals surface area contributed by atoms with Gasteiger partial charge in [-0.25, -0.2) is 13.4 Å². The fourth-order valence-corrected chi connectivity index (χ4v) is 5.52. The lowest BCUT2D eigenvalue weighted by Gasteiger charge is -2.55. The summed E-state index contributed by atoms with van der Waals surface area (Å²) in [4.78, 5) is 11.5. The minimum atomic E-state index is -3.07. The Hall–Kier alpha value is -0.620. The van der Waals surface area contributed by atoms with Crippen LogP contribution in [0.15, 0.2) is 0 Å². The summed E-state index contributed by atoms with van der Waals surface area (Å²) in [7, 11) is -1.39. The Labute approximate surface area is 104 Å². The molecular formula is C11H22N2O3S. The molecular weight excluding hydrogens is 240 g/mol. The summed E-state index contributed by atoms with van der Waals surface area (Å²) in [5.41, 5.74) is -1.16. The van der Waals surface area contributed by atoms with Crippen molar-refractivity contribution in [1.29, 1.82) is 0 Å². The van der Waals surface area contributed by atoms with Gasteiger partial charge in [0.1, 0.15) is 0 Å². The second-order valence-corrected chi connectivity index (χ2v) is 8.08. The van der Waals surface area contributed by atoms with Gasteiger partial charge in [-0.15, -0.1) is 0 Å². The maximum absolute atomic E-state index is 11.9. The predicted molar refractivity (Wildman–Crippen MR) is 67.1 cm³/mol. The van der Waals surface area contributed by atoms with E-state index in [9.17, 15) is 13.2 Å². The lowest BCUT2D eigenvalue weighted by atomic mass is 9.97. The average molecular weight is 262 g/mol. The molecule has 0 spiro atoms. The maximum atomic E-state index is 11.9. The molecule has 1 amide bonds. The standard InChI is InChI=1S/C11H22N2O3S/c1-9(14)12(6)13-10(2,3)7-17(15,16)8-11(13,4)5/h7-8H2,1-6H3. The molecule has 6 heteroatoms. The number of carbonyl (C=O) groups excluding carboxylic acids is 1. The summed E-state index contributed by atoms with van der Waals surface area (Å²) in [6.07, 6.45) is 0. The van der Waals surface area contributed by atoms with Crippen LogP contribution in [0.1, 0.15) is 34.6 Å². The molecule has 0 radical (unpaired) electrons. The van der Waals surface area contributed by atoms with E-state index < -0.39 is 20.9 Å². The van der Waals surface area contributed by atoms with Crippen molar-refractivity contribution in [3.05, 3.63) is 0 Å². The normalized spacial score (nSPS) is 26.5. The molecule has 1 aliphatic rings. The molecule has 0 aliphatic carbocycles. The molecule has 0 unspecified atom stereocenters. The molecule has 1 fully saturated rings. The van der Waals surface area contributed by atoms with Crippen LogP contribution in [-0.4, -0.2) is 54.0 Å². The van der Waals surface area contributed by atoms with E-state index in [4.69, 9.17) is 0 Å². The largest absolute Gasteiger partial charge is 0.278 e. The SMILES string of the molecule is CC(=O)N(C)N1C(C)(C)CS(=O)(=O)CC1(C)C. The summed E-state index contributed by atoms with van der Waals surface area (Å²) in [6, 6.07) is 0. The van der Waals surface area contributed by atoms with E-state index in [-0.39, 0.29) is 17.4 Å². The van der Waals surface area contributed by atoms with Crippen molar-refractivity contribution < 1.29 is 13.2 Å². The van der Waals surface area contributed by atoms with Crippen molar-refractivity contribution in [2.45, 2.75) is 45.7 Å². The van der Waals surface area contributed by atoms with Gasteiger partial charge < -0.3 is 0 Å². The van der Waals surface area contributed by atoms with Gasteiger partial charge in [0.15, 0.2) is 9.84 Å². The topological polar surface area (TPSA) is 57.7 Å². The maximum Gasteiger partial charge on any atom is 0.233 e. The zero-order valence-corrected chi connectivity index (χ0v) is 12.3. The van der Waals surface area contributed by atoms with Crippen LogP contribution in [0.5, 0.6) is 0 Å². The third-order valence-corrected chi connectivity index (χ3v) is 5.34. The fraction of sp³-hybridized carbons (Fsp3) is 0.909. The van der Waals surface area contributed by atoms with E-state index in [1.54, 1.807) is 7.05 Å². The Balaban J connectivity index is 3.23. The van der Waals surface area contributed by atoms with Gasteiger partial charge >= 0.3 is 0 Å². The van der Waals surface area contributed by atoms with Crippen molar-refractivity contribution >= 4 is 15.7 Å². The van der Waals surface area contributed by atoms with E-state index in [0.717, 1.165) is 0 Å². The average Bonchev–Trinajstić information content (AvgIpc) is 1.94. The number of rotatable bonds is 1. The molecule has 1 saturated heterocycles. The molecule has 0 bridgehead atoms. The lowest BCUT2D eigenvalue weighted by Crippen LogP contribution is -2.70. The highest BCUT2D eigenvalue weighted by molar-refractivity contribution is 7.91. The summed E-state index contributed by atoms with van der Waals surface area (Å²) < 4.78 is 23.8. The lowest BCUT2D eigenvalue weighted by molar-refractivity contribution is -0.170. The molecule has 0 N–H and O–H groups in total. The van der Waals surface area contributed by atoms with Gasteiger partial charge in [-0.1, -0.05) is 0 Å². The first-order valence-electron chi connectivity index (χ1n) is 5.64. The molecule has 1 heterocycles. The van der Waals surface area contributed by atoms with Crippen LogP contribution in [0, 0.1) is 0 Å². The number of hydrazine groups is 1. The predicted octanol–water partition coefficient (Wildman–Crippen LogP) is 0.667. The number of carbonyl (C=O) groups is 1. The highest BCUT2D eigenvalue weighted by Gasteiger charge is 2.50. The van der Waals surface area contributed by atoms with E-state index in [2.05, 4.69) is 0 Å². The number of hydrogen-bond acceptors (Lipinski definition) is 4. The summed E-state index contributed by atoms with van der Waals surface area (Å²) in [5, 5.41) is 3.40. The molecule has 0 aromatic carbocycles. The number of amides is 1. The first-order valence-corrected chi connectivity index (χ1v) is 7.46. The monoisotopic (exact) mass is 262 g/mol.